The zero-order valence-electron chi connectivity index (χ0n) is 7.49. The lowest BCUT2D eigenvalue weighted by molar-refractivity contribution is -0.000636. The predicted molar refractivity (Wildman–Crippen MR) is 46.3 cm³/mol. The summed E-state index contributed by atoms with van der Waals surface area (Å²) in [6, 6.07) is 0. The highest BCUT2D eigenvalue weighted by Gasteiger charge is 2.39. The Bertz CT molecular complexity index is 261. The Morgan fingerprint density at radius 3 is 2.00 bits per heavy atom. The second kappa shape index (κ2) is 3.22. The number of hydrogen-bond acceptors (Lipinski definition) is 4. The van der Waals surface area contributed by atoms with Gasteiger partial charge in [-0.05, 0) is 12.8 Å². The summed E-state index contributed by atoms with van der Waals surface area (Å²) in [7, 11) is -3.66. The van der Waals surface area contributed by atoms with Crippen molar-refractivity contribution in [3.05, 3.63) is 0 Å². The monoisotopic (exact) mass is 206 g/mol. The van der Waals surface area contributed by atoms with E-state index in [1.54, 1.807) is 0 Å². The first-order chi connectivity index (χ1) is 6.12. The average molecular weight is 206 g/mol. The highest BCUT2D eigenvalue weighted by molar-refractivity contribution is 7.81. The third kappa shape index (κ3) is 2.03. The van der Waals surface area contributed by atoms with E-state index in [4.69, 9.17) is 8.37 Å². The fraction of sp³-hybridized carbons (Fsp3) is 1.00. The first kappa shape index (κ1) is 9.43. The molecule has 0 N–H and O–H groups in total. The molecule has 1 aliphatic carbocycles. The van der Waals surface area contributed by atoms with Gasteiger partial charge in [0.05, 0.1) is 13.2 Å². The third-order valence-corrected chi connectivity index (χ3v) is 3.75. The van der Waals surface area contributed by atoms with Crippen LogP contribution in [-0.2, 0) is 18.8 Å². The maximum absolute atomic E-state index is 10.8. The van der Waals surface area contributed by atoms with Gasteiger partial charge < -0.3 is 0 Å². The molecule has 76 valence electrons. The second-order valence-corrected chi connectivity index (χ2v) is 5.28. The molecular formula is C8H14O4S. The minimum absolute atomic E-state index is 0.0103. The fourth-order valence-corrected chi connectivity index (χ4v) is 2.92. The lowest BCUT2D eigenvalue weighted by Gasteiger charge is -2.38. The highest BCUT2D eigenvalue weighted by Crippen LogP contribution is 2.39. The van der Waals surface area contributed by atoms with E-state index in [2.05, 4.69) is 0 Å². The standard InChI is InChI=1S/C8H14O4S/c9-13(10)11-6-8(7-12-13)4-2-1-3-5-8/h1-7H2. The summed E-state index contributed by atoms with van der Waals surface area (Å²) >= 11 is 0. The molecule has 0 aromatic rings. The van der Waals surface area contributed by atoms with Gasteiger partial charge in [-0.15, -0.1) is 0 Å². The van der Waals surface area contributed by atoms with Crippen molar-refractivity contribution in [2.75, 3.05) is 13.2 Å². The van der Waals surface area contributed by atoms with Crippen molar-refractivity contribution in [3.8, 4) is 0 Å². The van der Waals surface area contributed by atoms with Gasteiger partial charge in [-0.3, -0.25) is 0 Å². The summed E-state index contributed by atoms with van der Waals surface area (Å²) in [5, 5.41) is 0. The number of rotatable bonds is 0. The van der Waals surface area contributed by atoms with E-state index >= 15 is 0 Å². The van der Waals surface area contributed by atoms with Crippen LogP contribution in [0.3, 0.4) is 0 Å². The van der Waals surface area contributed by atoms with E-state index in [0.29, 0.717) is 13.2 Å². The fourth-order valence-electron chi connectivity index (χ4n) is 2.06. The SMILES string of the molecule is O=S1(=O)OCC2(CCCCC2)CO1. The van der Waals surface area contributed by atoms with Crippen LogP contribution < -0.4 is 0 Å². The highest BCUT2D eigenvalue weighted by atomic mass is 32.3. The van der Waals surface area contributed by atoms with Crippen molar-refractivity contribution in [2.45, 2.75) is 32.1 Å². The third-order valence-electron chi connectivity index (χ3n) is 2.93. The molecule has 4 nitrogen and oxygen atoms in total. The molecule has 0 amide bonds. The van der Waals surface area contributed by atoms with E-state index in [-0.39, 0.29) is 5.41 Å². The second-order valence-electron chi connectivity index (χ2n) is 3.99. The molecule has 0 radical (unpaired) electrons. The number of hydrogen-bond donors (Lipinski definition) is 0. The van der Waals surface area contributed by atoms with Crippen LogP contribution in [0.5, 0.6) is 0 Å². The van der Waals surface area contributed by atoms with Crippen molar-refractivity contribution < 1.29 is 16.8 Å². The molecule has 2 fully saturated rings. The van der Waals surface area contributed by atoms with Gasteiger partial charge in [-0.25, -0.2) is 8.37 Å². The van der Waals surface area contributed by atoms with Crippen LogP contribution in [0.1, 0.15) is 32.1 Å². The Hall–Kier alpha value is -0.130. The van der Waals surface area contributed by atoms with Gasteiger partial charge in [0, 0.05) is 5.41 Å². The largest absolute Gasteiger partial charge is 0.399 e. The summed E-state index contributed by atoms with van der Waals surface area (Å²) in [4.78, 5) is 0. The zero-order chi connectivity index (χ0) is 9.36. The Labute approximate surface area is 78.6 Å². The lowest BCUT2D eigenvalue weighted by Crippen LogP contribution is -2.40. The molecule has 0 aromatic carbocycles. The Balaban J connectivity index is 2.03. The van der Waals surface area contributed by atoms with Crippen molar-refractivity contribution in [2.24, 2.45) is 5.41 Å². The molecule has 1 spiro atoms. The van der Waals surface area contributed by atoms with Gasteiger partial charge in [0.15, 0.2) is 0 Å². The molecule has 1 saturated heterocycles. The minimum Gasteiger partial charge on any atom is -0.248 e. The van der Waals surface area contributed by atoms with Gasteiger partial charge in [0.25, 0.3) is 0 Å². The summed E-state index contributed by atoms with van der Waals surface area (Å²) in [5.74, 6) is 0. The molecule has 0 unspecified atom stereocenters. The molecule has 0 aromatic heterocycles. The van der Waals surface area contributed by atoms with Crippen LogP contribution in [0.25, 0.3) is 0 Å². The molecule has 13 heavy (non-hydrogen) atoms. The van der Waals surface area contributed by atoms with Crippen LogP contribution in [0.4, 0.5) is 0 Å². The summed E-state index contributed by atoms with van der Waals surface area (Å²) < 4.78 is 31.1. The Morgan fingerprint density at radius 1 is 0.923 bits per heavy atom. The predicted octanol–water partition coefficient (Wildman–Crippen LogP) is 1.23. The van der Waals surface area contributed by atoms with Crippen molar-refractivity contribution in [3.63, 3.8) is 0 Å². The zero-order valence-corrected chi connectivity index (χ0v) is 8.31. The van der Waals surface area contributed by atoms with Crippen LogP contribution >= 0.6 is 0 Å². The van der Waals surface area contributed by atoms with Gasteiger partial charge >= 0.3 is 10.4 Å². The Morgan fingerprint density at radius 2 is 1.46 bits per heavy atom. The van der Waals surface area contributed by atoms with Gasteiger partial charge in [-0.1, -0.05) is 19.3 Å². The average Bonchev–Trinajstić information content (AvgIpc) is 2.13. The molecule has 1 saturated carbocycles. The summed E-state index contributed by atoms with van der Waals surface area (Å²) in [6.45, 7) is 0.630. The van der Waals surface area contributed by atoms with Gasteiger partial charge in [0.2, 0.25) is 0 Å². The molecule has 1 aliphatic heterocycles. The van der Waals surface area contributed by atoms with Crippen molar-refractivity contribution >= 4 is 10.4 Å². The van der Waals surface area contributed by atoms with Crippen LogP contribution in [0.2, 0.25) is 0 Å². The quantitative estimate of drug-likeness (QED) is 0.598. The smallest absolute Gasteiger partial charge is 0.248 e. The van der Waals surface area contributed by atoms with E-state index in [1.807, 2.05) is 0 Å². The maximum Gasteiger partial charge on any atom is 0.399 e. The summed E-state index contributed by atoms with van der Waals surface area (Å²) in [6.07, 6.45) is 5.62. The van der Waals surface area contributed by atoms with Gasteiger partial charge in [-0.2, -0.15) is 8.42 Å². The lowest BCUT2D eigenvalue weighted by atomic mass is 9.75. The first-order valence-electron chi connectivity index (χ1n) is 4.66. The molecular weight excluding hydrogens is 192 g/mol. The van der Waals surface area contributed by atoms with Gasteiger partial charge in [0.1, 0.15) is 0 Å². The molecule has 5 heteroatoms. The molecule has 2 aliphatic rings. The molecule has 0 atom stereocenters. The van der Waals surface area contributed by atoms with Crippen LogP contribution in [-0.4, -0.2) is 21.6 Å². The topological polar surface area (TPSA) is 52.6 Å². The van der Waals surface area contributed by atoms with E-state index in [0.717, 1.165) is 25.7 Å². The molecule has 1 heterocycles. The van der Waals surface area contributed by atoms with E-state index < -0.39 is 10.4 Å². The summed E-state index contributed by atoms with van der Waals surface area (Å²) in [5.41, 5.74) is -0.0103. The maximum atomic E-state index is 10.8. The molecule has 0 bridgehead atoms. The van der Waals surface area contributed by atoms with Crippen molar-refractivity contribution in [1.82, 2.24) is 0 Å². The van der Waals surface area contributed by atoms with Crippen LogP contribution in [0, 0.1) is 5.41 Å². The van der Waals surface area contributed by atoms with E-state index in [1.165, 1.54) is 6.42 Å². The Kier molecular flexibility index (Phi) is 2.33. The molecule has 2 rings (SSSR count). The minimum atomic E-state index is -3.66. The van der Waals surface area contributed by atoms with Crippen molar-refractivity contribution in [1.29, 1.82) is 0 Å². The normalized spacial score (nSPS) is 31.7. The first-order valence-corrected chi connectivity index (χ1v) is 5.99. The van der Waals surface area contributed by atoms with Crippen LogP contribution in [0.15, 0.2) is 0 Å². The van der Waals surface area contributed by atoms with E-state index in [9.17, 15) is 8.42 Å².